The molecule has 2 N–H and O–H groups in total. The van der Waals surface area contributed by atoms with Crippen molar-refractivity contribution in [1.29, 1.82) is 0 Å². The second-order valence-corrected chi connectivity index (χ2v) is 5.14. The predicted molar refractivity (Wildman–Crippen MR) is 73.7 cm³/mol. The Bertz CT molecular complexity index is 634. The van der Waals surface area contributed by atoms with E-state index < -0.39 is 0 Å². The van der Waals surface area contributed by atoms with Gasteiger partial charge in [-0.15, -0.1) is 0 Å². The van der Waals surface area contributed by atoms with E-state index in [4.69, 9.17) is 17.3 Å². The molecule has 18 heavy (non-hydrogen) atoms. The van der Waals surface area contributed by atoms with Crippen molar-refractivity contribution >= 4 is 22.5 Å². The fourth-order valence-corrected chi connectivity index (χ4v) is 2.12. The van der Waals surface area contributed by atoms with Crippen LogP contribution in [0.5, 0.6) is 0 Å². The molecule has 0 unspecified atom stereocenters. The summed E-state index contributed by atoms with van der Waals surface area (Å²) in [6.45, 7) is 4.97. The van der Waals surface area contributed by atoms with E-state index in [1.54, 1.807) is 22.8 Å². The van der Waals surface area contributed by atoms with Crippen molar-refractivity contribution in [3.05, 3.63) is 39.4 Å². The first-order chi connectivity index (χ1) is 8.52. The van der Waals surface area contributed by atoms with Gasteiger partial charge in [0.05, 0.1) is 17.4 Å². The third kappa shape index (κ3) is 2.40. The van der Waals surface area contributed by atoms with Crippen LogP contribution in [-0.4, -0.2) is 9.55 Å². The number of nitrogens with two attached hydrogens (primary N) is 1. The van der Waals surface area contributed by atoms with Crippen LogP contribution in [0, 0.1) is 5.92 Å². The summed E-state index contributed by atoms with van der Waals surface area (Å²) in [6.07, 6.45) is 0. The van der Waals surface area contributed by atoms with Gasteiger partial charge in [0.2, 0.25) is 0 Å². The fraction of sp³-hybridized carbons (Fsp3) is 0.385. The van der Waals surface area contributed by atoms with Crippen LogP contribution in [-0.2, 0) is 13.1 Å². The fourth-order valence-electron chi connectivity index (χ4n) is 1.95. The van der Waals surface area contributed by atoms with Gasteiger partial charge in [-0.05, 0) is 24.1 Å². The van der Waals surface area contributed by atoms with E-state index >= 15 is 0 Å². The predicted octanol–water partition coefficient (Wildman–Crippen LogP) is 2.16. The standard InChI is InChI=1S/C13H16ClN3O/c1-8(2)7-17-12(6-15)16-11-5-9(14)3-4-10(11)13(17)18/h3-5,8H,6-7,15H2,1-2H3. The van der Waals surface area contributed by atoms with E-state index in [2.05, 4.69) is 18.8 Å². The number of hydrogen-bond acceptors (Lipinski definition) is 3. The maximum atomic E-state index is 12.4. The Kier molecular flexibility index (Phi) is 3.68. The number of aromatic nitrogens is 2. The van der Waals surface area contributed by atoms with Crippen LogP contribution in [0.3, 0.4) is 0 Å². The molecule has 0 fully saturated rings. The summed E-state index contributed by atoms with van der Waals surface area (Å²) in [6, 6.07) is 5.11. The monoisotopic (exact) mass is 265 g/mol. The number of nitrogens with zero attached hydrogens (tertiary/aromatic N) is 2. The van der Waals surface area contributed by atoms with E-state index in [0.717, 1.165) is 0 Å². The molecule has 0 amide bonds. The van der Waals surface area contributed by atoms with Crippen molar-refractivity contribution in [3.63, 3.8) is 0 Å². The Morgan fingerprint density at radius 1 is 1.44 bits per heavy atom. The Balaban J connectivity index is 2.74. The number of benzene rings is 1. The summed E-state index contributed by atoms with van der Waals surface area (Å²) >= 11 is 5.91. The van der Waals surface area contributed by atoms with Gasteiger partial charge in [0.25, 0.3) is 5.56 Å². The van der Waals surface area contributed by atoms with E-state index in [-0.39, 0.29) is 12.1 Å². The molecular weight excluding hydrogens is 250 g/mol. The number of rotatable bonds is 3. The summed E-state index contributed by atoms with van der Waals surface area (Å²) in [5.41, 5.74) is 6.22. The lowest BCUT2D eigenvalue weighted by Gasteiger charge is -2.14. The van der Waals surface area contributed by atoms with Crippen molar-refractivity contribution in [2.24, 2.45) is 11.7 Å². The topological polar surface area (TPSA) is 60.9 Å². The quantitative estimate of drug-likeness (QED) is 0.925. The summed E-state index contributed by atoms with van der Waals surface area (Å²) < 4.78 is 1.65. The van der Waals surface area contributed by atoms with Crippen LogP contribution < -0.4 is 11.3 Å². The lowest BCUT2D eigenvalue weighted by atomic mass is 10.2. The molecule has 2 aromatic rings. The van der Waals surface area contributed by atoms with Crippen LogP contribution in [0.1, 0.15) is 19.7 Å². The lowest BCUT2D eigenvalue weighted by molar-refractivity contribution is 0.490. The highest BCUT2D eigenvalue weighted by Crippen LogP contribution is 2.15. The third-order valence-corrected chi connectivity index (χ3v) is 2.96. The second-order valence-electron chi connectivity index (χ2n) is 4.70. The SMILES string of the molecule is CC(C)Cn1c(CN)nc2cc(Cl)ccc2c1=O. The molecule has 0 bridgehead atoms. The number of halogens is 1. The third-order valence-electron chi connectivity index (χ3n) is 2.73. The molecule has 1 heterocycles. The van der Waals surface area contributed by atoms with Gasteiger partial charge in [-0.2, -0.15) is 0 Å². The first-order valence-corrected chi connectivity index (χ1v) is 6.29. The zero-order chi connectivity index (χ0) is 13.3. The summed E-state index contributed by atoms with van der Waals surface area (Å²) in [5, 5.41) is 1.15. The minimum absolute atomic E-state index is 0.0502. The first-order valence-electron chi connectivity index (χ1n) is 5.92. The van der Waals surface area contributed by atoms with Crippen molar-refractivity contribution in [2.75, 3.05) is 0 Å². The molecule has 0 saturated carbocycles. The first kappa shape index (κ1) is 13.1. The minimum Gasteiger partial charge on any atom is -0.324 e. The van der Waals surface area contributed by atoms with Gasteiger partial charge in [-0.1, -0.05) is 25.4 Å². The van der Waals surface area contributed by atoms with Gasteiger partial charge in [-0.3, -0.25) is 9.36 Å². The van der Waals surface area contributed by atoms with Gasteiger partial charge >= 0.3 is 0 Å². The smallest absolute Gasteiger partial charge is 0.261 e. The van der Waals surface area contributed by atoms with Crippen molar-refractivity contribution in [3.8, 4) is 0 Å². The van der Waals surface area contributed by atoms with Crippen molar-refractivity contribution < 1.29 is 0 Å². The van der Waals surface area contributed by atoms with Gasteiger partial charge < -0.3 is 5.73 Å². The Morgan fingerprint density at radius 2 is 2.17 bits per heavy atom. The molecule has 0 saturated heterocycles. The highest BCUT2D eigenvalue weighted by Gasteiger charge is 2.11. The van der Waals surface area contributed by atoms with Crippen LogP contribution >= 0.6 is 11.6 Å². The van der Waals surface area contributed by atoms with Gasteiger partial charge in [0, 0.05) is 11.6 Å². The molecule has 0 aliphatic carbocycles. The van der Waals surface area contributed by atoms with Crippen molar-refractivity contribution in [1.82, 2.24) is 9.55 Å². The maximum Gasteiger partial charge on any atom is 0.261 e. The average Bonchev–Trinajstić information content (AvgIpc) is 2.31. The molecule has 2 rings (SSSR count). The number of fused-ring (bicyclic) bond motifs is 1. The summed E-state index contributed by atoms with van der Waals surface area (Å²) in [4.78, 5) is 16.8. The molecule has 0 spiro atoms. The Morgan fingerprint density at radius 3 is 2.78 bits per heavy atom. The summed E-state index contributed by atoms with van der Waals surface area (Å²) in [7, 11) is 0. The molecule has 96 valence electrons. The largest absolute Gasteiger partial charge is 0.324 e. The second kappa shape index (κ2) is 5.08. The highest BCUT2D eigenvalue weighted by atomic mass is 35.5. The van der Waals surface area contributed by atoms with E-state index in [1.165, 1.54) is 0 Å². The van der Waals surface area contributed by atoms with Crippen LogP contribution in [0.4, 0.5) is 0 Å². The minimum atomic E-state index is -0.0502. The molecule has 0 aliphatic heterocycles. The van der Waals surface area contributed by atoms with Crippen LogP contribution in [0.15, 0.2) is 23.0 Å². The molecule has 0 aliphatic rings. The van der Waals surface area contributed by atoms with E-state index in [1.807, 2.05) is 0 Å². The number of hydrogen-bond donors (Lipinski definition) is 1. The Labute approximate surface area is 110 Å². The molecule has 5 heteroatoms. The van der Waals surface area contributed by atoms with Crippen molar-refractivity contribution in [2.45, 2.75) is 26.9 Å². The zero-order valence-corrected chi connectivity index (χ0v) is 11.2. The zero-order valence-electron chi connectivity index (χ0n) is 10.5. The molecule has 1 aromatic heterocycles. The normalized spacial score (nSPS) is 11.4. The molecule has 1 aromatic carbocycles. The lowest BCUT2D eigenvalue weighted by Crippen LogP contribution is -2.28. The highest BCUT2D eigenvalue weighted by molar-refractivity contribution is 6.31. The molecule has 0 atom stereocenters. The molecule has 0 radical (unpaired) electrons. The van der Waals surface area contributed by atoms with E-state index in [9.17, 15) is 4.79 Å². The van der Waals surface area contributed by atoms with Gasteiger partial charge in [0.1, 0.15) is 5.82 Å². The molecule has 4 nitrogen and oxygen atoms in total. The van der Waals surface area contributed by atoms with Gasteiger partial charge in [-0.25, -0.2) is 4.98 Å². The maximum absolute atomic E-state index is 12.4. The van der Waals surface area contributed by atoms with E-state index in [0.29, 0.717) is 34.2 Å². The average molecular weight is 266 g/mol. The van der Waals surface area contributed by atoms with Crippen LogP contribution in [0.2, 0.25) is 5.02 Å². The van der Waals surface area contributed by atoms with Crippen LogP contribution in [0.25, 0.3) is 10.9 Å². The Hall–Kier alpha value is -1.39. The molecular formula is C13H16ClN3O. The summed E-state index contributed by atoms with van der Waals surface area (Å²) in [5.74, 6) is 0.961. The van der Waals surface area contributed by atoms with Gasteiger partial charge in [0.15, 0.2) is 0 Å².